The van der Waals surface area contributed by atoms with Crippen molar-refractivity contribution in [3.05, 3.63) is 23.3 Å². The van der Waals surface area contributed by atoms with Crippen LogP contribution in [0.15, 0.2) is 23.3 Å². The summed E-state index contributed by atoms with van der Waals surface area (Å²) in [6.07, 6.45) is 5.91. The van der Waals surface area contributed by atoms with Gasteiger partial charge in [0.25, 0.3) is 0 Å². The SMILES string of the molecule is CC(C)(C)C1=C(CCN)C=CC(O)(C(C)(C)C)C1.NC=O. The van der Waals surface area contributed by atoms with Gasteiger partial charge in [-0.3, -0.25) is 4.79 Å². The number of carbonyl (C=O) groups excluding carboxylic acids is 1. The summed E-state index contributed by atoms with van der Waals surface area (Å²) in [5, 5.41) is 10.9. The highest BCUT2D eigenvalue weighted by Crippen LogP contribution is 2.45. The van der Waals surface area contributed by atoms with Crippen molar-refractivity contribution in [3.63, 3.8) is 0 Å². The molecule has 0 fully saturated rings. The highest BCUT2D eigenvalue weighted by atomic mass is 16.3. The first-order valence-corrected chi connectivity index (χ1v) is 7.42. The van der Waals surface area contributed by atoms with Crippen LogP contribution in [0.5, 0.6) is 0 Å². The monoisotopic (exact) mass is 296 g/mol. The number of amides is 1. The zero-order valence-corrected chi connectivity index (χ0v) is 14.4. The number of nitrogens with two attached hydrogens (primary N) is 2. The van der Waals surface area contributed by atoms with E-state index in [0.29, 0.717) is 13.0 Å². The molecule has 21 heavy (non-hydrogen) atoms. The van der Waals surface area contributed by atoms with Crippen LogP contribution in [0.4, 0.5) is 0 Å². The Bertz CT molecular complexity index is 411. The van der Waals surface area contributed by atoms with Crippen LogP contribution < -0.4 is 11.5 Å². The van der Waals surface area contributed by atoms with Crippen LogP contribution in [0.1, 0.15) is 54.4 Å². The summed E-state index contributed by atoms with van der Waals surface area (Å²) < 4.78 is 0. The Labute approximate surface area is 129 Å². The number of rotatable bonds is 2. The molecule has 4 heteroatoms. The average molecular weight is 296 g/mol. The fourth-order valence-electron chi connectivity index (χ4n) is 2.43. The quantitative estimate of drug-likeness (QED) is 0.684. The van der Waals surface area contributed by atoms with Gasteiger partial charge < -0.3 is 16.6 Å². The van der Waals surface area contributed by atoms with Gasteiger partial charge in [-0.2, -0.15) is 0 Å². The van der Waals surface area contributed by atoms with Crippen LogP contribution in [0, 0.1) is 10.8 Å². The zero-order valence-electron chi connectivity index (χ0n) is 14.4. The molecule has 0 aromatic carbocycles. The first kappa shape index (κ1) is 19.9. The van der Waals surface area contributed by atoms with Crippen molar-refractivity contribution in [3.8, 4) is 0 Å². The molecular formula is C17H32N2O2. The Balaban J connectivity index is 0.00000122. The molecule has 122 valence electrons. The number of aliphatic hydroxyl groups is 1. The third-order valence-electron chi connectivity index (χ3n) is 4.01. The van der Waals surface area contributed by atoms with E-state index in [4.69, 9.17) is 10.5 Å². The summed E-state index contributed by atoms with van der Waals surface area (Å²) in [6.45, 7) is 13.6. The predicted molar refractivity (Wildman–Crippen MR) is 88.6 cm³/mol. The van der Waals surface area contributed by atoms with Crippen molar-refractivity contribution in [2.24, 2.45) is 22.3 Å². The van der Waals surface area contributed by atoms with Crippen LogP contribution in [0.3, 0.4) is 0 Å². The number of carbonyl (C=O) groups is 1. The Hall–Kier alpha value is -1.13. The van der Waals surface area contributed by atoms with Crippen LogP contribution in [-0.4, -0.2) is 23.7 Å². The molecule has 1 aliphatic carbocycles. The van der Waals surface area contributed by atoms with Crippen molar-refractivity contribution in [2.75, 3.05) is 6.54 Å². The fraction of sp³-hybridized carbons (Fsp3) is 0.706. The number of allylic oxidation sites excluding steroid dienone is 1. The molecule has 0 bridgehead atoms. The summed E-state index contributed by atoms with van der Waals surface area (Å²) in [7, 11) is 0. The van der Waals surface area contributed by atoms with Gasteiger partial charge in [-0.1, -0.05) is 59.3 Å². The highest BCUT2D eigenvalue weighted by Gasteiger charge is 2.42. The van der Waals surface area contributed by atoms with Crippen molar-refractivity contribution < 1.29 is 9.90 Å². The van der Waals surface area contributed by atoms with Crippen LogP contribution >= 0.6 is 0 Å². The molecule has 0 aliphatic heterocycles. The fourth-order valence-corrected chi connectivity index (χ4v) is 2.43. The molecule has 5 N–H and O–H groups in total. The van der Waals surface area contributed by atoms with Gasteiger partial charge in [0, 0.05) is 6.42 Å². The van der Waals surface area contributed by atoms with Crippen LogP contribution in [-0.2, 0) is 4.79 Å². The molecule has 1 amide bonds. The molecule has 1 unspecified atom stereocenters. The molecule has 0 saturated heterocycles. The lowest BCUT2D eigenvalue weighted by molar-refractivity contribution is -0.106. The van der Waals surface area contributed by atoms with Gasteiger partial charge in [-0.25, -0.2) is 0 Å². The molecule has 4 nitrogen and oxygen atoms in total. The average Bonchev–Trinajstić information content (AvgIpc) is 2.30. The van der Waals surface area contributed by atoms with E-state index in [0.717, 1.165) is 6.42 Å². The first-order chi connectivity index (χ1) is 9.43. The molecule has 0 heterocycles. The number of hydrogen-bond donors (Lipinski definition) is 3. The minimum absolute atomic E-state index is 0.0779. The van der Waals surface area contributed by atoms with Crippen LogP contribution in [0.25, 0.3) is 0 Å². The lowest BCUT2D eigenvalue weighted by atomic mass is 9.65. The molecule has 0 aromatic heterocycles. The zero-order chi connectivity index (χ0) is 16.9. The van der Waals surface area contributed by atoms with Gasteiger partial charge >= 0.3 is 0 Å². The second kappa shape index (κ2) is 7.23. The van der Waals surface area contributed by atoms with Gasteiger partial charge in [0.2, 0.25) is 6.41 Å². The second-order valence-electron chi connectivity index (χ2n) is 7.61. The van der Waals surface area contributed by atoms with Gasteiger partial charge in [-0.15, -0.1) is 0 Å². The maximum absolute atomic E-state index is 10.9. The Kier molecular flexibility index (Phi) is 6.84. The minimum atomic E-state index is -0.756. The van der Waals surface area contributed by atoms with Gasteiger partial charge in [0.05, 0.1) is 5.60 Å². The lowest BCUT2D eigenvalue weighted by Gasteiger charge is -2.44. The van der Waals surface area contributed by atoms with E-state index in [2.05, 4.69) is 53.4 Å². The second-order valence-corrected chi connectivity index (χ2v) is 7.61. The predicted octanol–water partition coefficient (Wildman–Crippen LogP) is 2.52. The summed E-state index contributed by atoms with van der Waals surface area (Å²) in [5.41, 5.74) is 11.7. The highest BCUT2D eigenvalue weighted by molar-refractivity contribution is 5.42. The van der Waals surface area contributed by atoms with Crippen molar-refractivity contribution in [1.29, 1.82) is 0 Å². The smallest absolute Gasteiger partial charge is 0.204 e. The summed E-state index contributed by atoms with van der Waals surface area (Å²) in [5.74, 6) is 0. The van der Waals surface area contributed by atoms with E-state index in [1.807, 2.05) is 6.08 Å². The summed E-state index contributed by atoms with van der Waals surface area (Å²) >= 11 is 0. The van der Waals surface area contributed by atoms with Crippen molar-refractivity contribution in [1.82, 2.24) is 0 Å². The molecule has 0 aromatic rings. The maximum Gasteiger partial charge on any atom is 0.204 e. The number of primary amides is 1. The van der Waals surface area contributed by atoms with E-state index < -0.39 is 5.60 Å². The molecule has 1 atom stereocenters. The third kappa shape index (κ3) is 5.29. The summed E-state index contributed by atoms with van der Waals surface area (Å²) in [4.78, 5) is 8.58. The molecule has 0 radical (unpaired) electrons. The van der Waals surface area contributed by atoms with Crippen molar-refractivity contribution >= 4 is 6.41 Å². The molecule has 1 rings (SSSR count). The van der Waals surface area contributed by atoms with Crippen LogP contribution in [0.2, 0.25) is 0 Å². The van der Waals surface area contributed by atoms with Gasteiger partial charge in [0.15, 0.2) is 0 Å². The van der Waals surface area contributed by atoms with Gasteiger partial charge in [-0.05, 0) is 29.4 Å². The molecule has 1 aliphatic rings. The molecule has 0 saturated carbocycles. The Morgan fingerprint density at radius 1 is 1.29 bits per heavy atom. The van der Waals surface area contributed by atoms with E-state index in [-0.39, 0.29) is 17.2 Å². The molecular weight excluding hydrogens is 264 g/mol. The Morgan fingerprint density at radius 3 is 2.10 bits per heavy atom. The minimum Gasteiger partial charge on any atom is -0.385 e. The molecule has 0 spiro atoms. The first-order valence-electron chi connectivity index (χ1n) is 7.42. The standard InChI is InChI=1S/C16H29NO.CH3NO/c1-14(2,3)13-11-16(18,15(4,5)6)9-7-12(13)8-10-17;2-1-3/h7,9,18H,8,10-11,17H2,1-6H3;1H,(H2,2,3). The summed E-state index contributed by atoms with van der Waals surface area (Å²) in [6, 6.07) is 0. The third-order valence-corrected chi connectivity index (χ3v) is 4.01. The lowest BCUT2D eigenvalue weighted by Crippen LogP contribution is -2.44. The van der Waals surface area contributed by atoms with E-state index in [1.54, 1.807) is 0 Å². The van der Waals surface area contributed by atoms with Crippen molar-refractivity contribution in [2.45, 2.75) is 60.0 Å². The largest absolute Gasteiger partial charge is 0.385 e. The van der Waals surface area contributed by atoms with E-state index in [1.165, 1.54) is 11.1 Å². The normalized spacial score (nSPS) is 22.7. The maximum atomic E-state index is 10.9. The Morgan fingerprint density at radius 2 is 1.76 bits per heavy atom. The van der Waals surface area contributed by atoms with E-state index >= 15 is 0 Å². The topological polar surface area (TPSA) is 89.3 Å². The van der Waals surface area contributed by atoms with E-state index in [9.17, 15) is 5.11 Å². The number of hydrogen-bond acceptors (Lipinski definition) is 3. The van der Waals surface area contributed by atoms with Gasteiger partial charge in [0.1, 0.15) is 0 Å².